The Kier molecular flexibility index (Phi) is 7.47. The zero-order valence-corrected chi connectivity index (χ0v) is 16.1. The molecule has 0 fully saturated rings. The van der Waals surface area contributed by atoms with E-state index in [0.29, 0.717) is 21.6 Å². The van der Waals surface area contributed by atoms with Crippen molar-refractivity contribution < 1.29 is 4.79 Å². The Balaban J connectivity index is 1.79. The number of hydrogen-bond donors (Lipinski definition) is 1. The summed E-state index contributed by atoms with van der Waals surface area (Å²) >= 11 is 13.6. The predicted molar refractivity (Wildman–Crippen MR) is 105 cm³/mol. The van der Waals surface area contributed by atoms with E-state index in [1.165, 1.54) is 17.3 Å². The number of amides is 1. The van der Waals surface area contributed by atoms with Crippen LogP contribution in [0.3, 0.4) is 0 Å². The van der Waals surface area contributed by atoms with Gasteiger partial charge in [0.15, 0.2) is 0 Å². The van der Waals surface area contributed by atoms with Crippen molar-refractivity contribution in [1.29, 1.82) is 0 Å². The molecule has 2 aromatic rings. The number of hydrogen-bond acceptors (Lipinski definition) is 2. The average Bonchev–Trinajstić information content (AvgIpc) is 2.57. The quantitative estimate of drug-likeness (QED) is 0.669. The molecule has 0 saturated carbocycles. The fourth-order valence-electron chi connectivity index (χ4n) is 2.30. The van der Waals surface area contributed by atoms with Gasteiger partial charge in [0.05, 0.1) is 11.8 Å². The van der Waals surface area contributed by atoms with Gasteiger partial charge in [0.25, 0.3) is 0 Å². The number of thioether (sulfide) groups is 1. The average molecular weight is 382 g/mol. The molecule has 0 radical (unpaired) electrons. The van der Waals surface area contributed by atoms with Gasteiger partial charge in [-0.15, -0.1) is 11.8 Å². The Morgan fingerprint density at radius 3 is 2.50 bits per heavy atom. The summed E-state index contributed by atoms with van der Waals surface area (Å²) in [5.41, 5.74) is 3.40. The van der Waals surface area contributed by atoms with E-state index >= 15 is 0 Å². The standard InChI is InChI=1S/C19H21Cl2NOS/c1-3-14-4-6-15(7-5-14)13(2)22-19(23)12-24-11-16-8-9-17(20)10-18(16)21/h4-10,13H,3,11-12H2,1-2H3,(H,22,23). The summed E-state index contributed by atoms with van der Waals surface area (Å²) in [6, 6.07) is 13.8. The maximum absolute atomic E-state index is 12.1. The number of benzene rings is 2. The molecular weight excluding hydrogens is 361 g/mol. The topological polar surface area (TPSA) is 29.1 Å². The normalized spacial score (nSPS) is 12.0. The van der Waals surface area contributed by atoms with Crippen molar-refractivity contribution >= 4 is 40.9 Å². The summed E-state index contributed by atoms with van der Waals surface area (Å²) in [6.45, 7) is 4.13. The van der Waals surface area contributed by atoms with E-state index in [4.69, 9.17) is 23.2 Å². The first kappa shape index (κ1) is 19.2. The van der Waals surface area contributed by atoms with Crippen LogP contribution < -0.4 is 5.32 Å². The Labute approximate surface area is 157 Å². The maximum atomic E-state index is 12.1. The fourth-order valence-corrected chi connectivity index (χ4v) is 3.70. The molecule has 0 heterocycles. The molecule has 1 atom stereocenters. The first-order chi connectivity index (χ1) is 11.5. The number of rotatable bonds is 7. The highest BCUT2D eigenvalue weighted by Gasteiger charge is 2.10. The van der Waals surface area contributed by atoms with Gasteiger partial charge in [-0.25, -0.2) is 0 Å². The van der Waals surface area contributed by atoms with Crippen molar-refractivity contribution in [3.63, 3.8) is 0 Å². The lowest BCUT2D eigenvalue weighted by atomic mass is 10.1. The van der Waals surface area contributed by atoms with Gasteiger partial charge in [0.2, 0.25) is 5.91 Å². The van der Waals surface area contributed by atoms with Gasteiger partial charge < -0.3 is 5.32 Å². The molecule has 0 aliphatic rings. The molecule has 5 heteroatoms. The van der Waals surface area contributed by atoms with Gasteiger partial charge in [-0.05, 0) is 42.2 Å². The smallest absolute Gasteiger partial charge is 0.230 e. The predicted octanol–water partition coefficient (Wildman–Crippen LogP) is 5.67. The second kappa shape index (κ2) is 9.36. The van der Waals surface area contributed by atoms with Crippen LogP contribution in [-0.4, -0.2) is 11.7 Å². The molecule has 0 aliphatic heterocycles. The van der Waals surface area contributed by atoms with E-state index in [9.17, 15) is 4.79 Å². The lowest BCUT2D eigenvalue weighted by Gasteiger charge is -2.15. The van der Waals surface area contributed by atoms with E-state index in [2.05, 4.69) is 36.5 Å². The van der Waals surface area contributed by atoms with Crippen molar-refractivity contribution in [2.75, 3.05) is 5.75 Å². The molecular formula is C19H21Cl2NOS. The summed E-state index contributed by atoms with van der Waals surface area (Å²) < 4.78 is 0. The first-order valence-corrected chi connectivity index (χ1v) is 9.80. The molecule has 24 heavy (non-hydrogen) atoms. The molecule has 2 rings (SSSR count). The lowest BCUT2D eigenvalue weighted by molar-refractivity contribution is -0.119. The second-order valence-electron chi connectivity index (χ2n) is 5.61. The van der Waals surface area contributed by atoms with E-state index in [1.54, 1.807) is 6.07 Å². The molecule has 1 amide bonds. The number of nitrogens with one attached hydrogen (secondary N) is 1. The van der Waals surface area contributed by atoms with Crippen LogP contribution >= 0.6 is 35.0 Å². The van der Waals surface area contributed by atoms with Crippen LogP contribution in [0.2, 0.25) is 10.0 Å². The molecule has 2 nitrogen and oxygen atoms in total. The Bertz CT molecular complexity index is 688. The van der Waals surface area contributed by atoms with Crippen LogP contribution in [0.5, 0.6) is 0 Å². The van der Waals surface area contributed by atoms with E-state index in [1.807, 2.05) is 19.1 Å². The summed E-state index contributed by atoms with van der Waals surface area (Å²) in [5.74, 6) is 1.11. The van der Waals surface area contributed by atoms with Gasteiger partial charge in [-0.3, -0.25) is 4.79 Å². The van der Waals surface area contributed by atoms with E-state index in [0.717, 1.165) is 17.5 Å². The van der Waals surface area contributed by atoms with Crippen molar-refractivity contribution in [3.05, 3.63) is 69.2 Å². The summed E-state index contributed by atoms with van der Waals surface area (Å²) in [7, 11) is 0. The van der Waals surface area contributed by atoms with Crippen LogP contribution in [0.4, 0.5) is 0 Å². The minimum atomic E-state index is 0.00289. The van der Waals surface area contributed by atoms with Gasteiger partial charge in [-0.2, -0.15) is 0 Å². The third kappa shape index (κ3) is 5.73. The third-order valence-corrected chi connectivity index (χ3v) is 5.34. The Hall–Kier alpha value is -1.16. The highest BCUT2D eigenvalue weighted by Crippen LogP contribution is 2.24. The van der Waals surface area contributed by atoms with E-state index < -0.39 is 0 Å². The largest absolute Gasteiger partial charge is 0.349 e. The molecule has 0 aliphatic carbocycles. The number of carbonyl (C=O) groups excluding carboxylic acids is 1. The SMILES string of the molecule is CCc1ccc(C(C)NC(=O)CSCc2ccc(Cl)cc2Cl)cc1. The van der Waals surface area contributed by atoms with Crippen molar-refractivity contribution in [2.24, 2.45) is 0 Å². The lowest BCUT2D eigenvalue weighted by Crippen LogP contribution is -2.28. The minimum Gasteiger partial charge on any atom is -0.349 e. The zero-order valence-electron chi connectivity index (χ0n) is 13.8. The van der Waals surface area contributed by atoms with Crippen LogP contribution in [0, 0.1) is 0 Å². The molecule has 2 aromatic carbocycles. The molecule has 1 N–H and O–H groups in total. The van der Waals surface area contributed by atoms with Gasteiger partial charge in [0, 0.05) is 15.8 Å². The summed E-state index contributed by atoms with van der Waals surface area (Å²) in [5, 5.41) is 4.29. The van der Waals surface area contributed by atoms with Gasteiger partial charge in [0.1, 0.15) is 0 Å². The zero-order chi connectivity index (χ0) is 17.5. The fraction of sp³-hybridized carbons (Fsp3) is 0.316. The maximum Gasteiger partial charge on any atom is 0.230 e. The third-order valence-electron chi connectivity index (χ3n) is 3.77. The molecule has 0 bridgehead atoms. The number of aryl methyl sites for hydroxylation is 1. The van der Waals surface area contributed by atoms with Gasteiger partial charge in [-0.1, -0.05) is 60.5 Å². The Morgan fingerprint density at radius 2 is 1.88 bits per heavy atom. The van der Waals surface area contributed by atoms with Crippen LogP contribution in [0.1, 0.15) is 36.6 Å². The van der Waals surface area contributed by atoms with Gasteiger partial charge >= 0.3 is 0 Å². The number of carbonyl (C=O) groups is 1. The summed E-state index contributed by atoms with van der Waals surface area (Å²) in [6.07, 6.45) is 1.02. The molecule has 1 unspecified atom stereocenters. The molecule has 0 saturated heterocycles. The van der Waals surface area contributed by atoms with Crippen molar-refractivity contribution in [1.82, 2.24) is 5.32 Å². The van der Waals surface area contributed by atoms with Crippen LogP contribution in [0.25, 0.3) is 0 Å². The summed E-state index contributed by atoms with van der Waals surface area (Å²) in [4.78, 5) is 12.1. The van der Waals surface area contributed by atoms with Crippen molar-refractivity contribution in [2.45, 2.75) is 32.1 Å². The highest BCUT2D eigenvalue weighted by atomic mass is 35.5. The number of halogens is 2. The monoisotopic (exact) mass is 381 g/mol. The van der Waals surface area contributed by atoms with Crippen molar-refractivity contribution in [3.8, 4) is 0 Å². The highest BCUT2D eigenvalue weighted by molar-refractivity contribution is 7.99. The molecule has 128 valence electrons. The minimum absolute atomic E-state index is 0.00289. The first-order valence-electron chi connectivity index (χ1n) is 7.89. The Morgan fingerprint density at radius 1 is 1.17 bits per heavy atom. The van der Waals surface area contributed by atoms with Crippen LogP contribution in [0.15, 0.2) is 42.5 Å². The molecule has 0 spiro atoms. The molecule has 0 aromatic heterocycles. The van der Waals surface area contributed by atoms with E-state index in [-0.39, 0.29) is 11.9 Å². The van der Waals surface area contributed by atoms with Crippen LogP contribution in [-0.2, 0) is 17.0 Å². The second-order valence-corrected chi connectivity index (χ2v) is 7.44.